The lowest BCUT2D eigenvalue weighted by Crippen LogP contribution is -2.38. The van der Waals surface area contributed by atoms with Crippen molar-refractivity contribution in [1.82, 2.24) is 15.3 Å². The fourth-order valence-corrected chi connectivity index (χ4v) is 4.04. The van der Waals surface area contributed by atoms with Gasteiger partial charge in [-0.05, 0) is 18.4 Å². The van der Waals surface area contributed by atoms with E-state index in [0.717, 1.165) is 18.4 Å². The van der Waals surface area contributed by atoms with Crippen LogP contribution in [0.3, 0.4) is 0 Å². The molecule has 2 aromatic rings. The summed E-state index contributed by atoms with van der Waals surface area (Å²) in [4.78, 5) is 21.3. The third-order valence-corrected chi connectivity index (χ3v) is 5.38. The Labute approximate surface area is 151 Å². The molecule has 1 amide bonds. The Balaban J connectivity index is 1.80. The van der Waals surface area contributed by atoms with Crippen molar-refractivity contribution in [2.24, 2.45) is 0 Å². The number of hydrogen-bond donors (Lipinski definition) is 3. The van der Waals surface area contributed by atoms with Crippen molar-refractivity contribution in [1.29, 1.82) is 0 Å². The highest BCUT2D eigenvalue weighted by molar-refractivity contribution is 8.00. The molecule has 3 rings (SSSR count). The standard InChI is InChI=1S/C18H23N5OS/c19-14-11-15(20)23-18(22-14)25-16(12-7-3-1-4-8-12)17(24)21-13-9-5-2-6-10-13/h1,3-4,7-8,11,13,16H,2,5-6,9-10H2,(H,21,24)(H4,19,20,22,23)/t16-/m0/s1. The van der Waals surface area contributed by atoms with Crippen LogP contribution in [0.4, 0.5) is 11.6 Å². The summed E-state index contributed by atoms with van der Waals surface area (Å²) >= 11 is 1.27. The van der Waals surface area contributed by atoms with Crippen LogP contribution in [0.2, 0.25) is 0 Å². The number of benzene rings is 1. The number of carbonyl (C=O) groups is 1. The lowest BCUT2D eigenvalue weighted by Gasteiger charge is -2.25. The predicted octanol–water partition coefficient (Wildman–Crippen LogP) is 2.92. The number of nitrogen functional groups attached to an aromatic ring is 2. The van der Waals surface area contributed by atoms with E-state index in [0.29, 0.717) is 16.8 Å². The average molecular weight is 357 g/mol. The molecule has 7 heteroatoms. The highest BCUT2D eigenvalue weighted by Gasteiger charge is 2.26. The van der Waals surface area contributed by atoms with Crippen LogP contribution in [0.15, 0.2) is 41.6 Å². The first kappa shape index (κ1) is 17.5. The molecule has 5 N–H and O–H groups in total. The summed E-state index contributed by atoms with van der Waals surface area (Å²) in [5, 5.41) is 3.16. The molecular formula is C18H23N5OS. The monoisotopic (exact) mass is 357 g/mol. The van der Waals surface area contributed by atoms with E-state index >= 15 is 0 Å². The third-order valence-electron chi connectivity index (χ3n) is 4.26. The molecule has 0 bridgehead atoms. The number of nitrogens with zero attached hydrogens (tertiary/aromatic N) is 2. The maximum absolute atomic E-state index is 12.9. The maximum Gasteiger partial charge on any atom is 0.238 e. The normalized spacial score (nSPS) is 16.3. The fraction of sp³-hybridized carbons (Fsp3) is 0.389. The number of nitrogens with one attached hydrogen (secondary N) is 1. The molecule has 1 fully saturated rings. The predicted molar refractivity (Wildman–Crippen MR) is 101 cm³/mol. The number of aromatic nitrogens is 2. The smallest absolute Gasteiger partial charge is 0.238 e. The number of hydrogen-bond acceptors (Lipinski definition) is 6. The Kier molecular flexibility index (Phi) is 5.75. The molecule has 0 aliphatic heterocycles. The number of carbonyl (C=O) groups excluding carboxylic acids is 1. The van der Waals surface area contributed by atoms with Gasteiger partial charge in [-0.25, -0.2) is 9.97 Å². The van der Waals surface area contributed by atoms with E-state index < -0.39 is 5.25 Å². The first-order valence-corrected chi connectivity index (χ1v) is 9.42. The van der Waals surface area contributed by atoms with Gasteiger partial charge >= 0.3 is 0 Å². The molecule has 0 saturated heterocycles. The van der Waals surface area contributed by atoms with Crippen molar-refractivity contribution in [2.45, 2.75) is 48.6 Å². The van der Waals surface area contributed by atoms with E-state index in [9.17, 15) is 4.79 Å². The first-order valence-electron chi connectivity index (χ1n) is 8.54. The molecule has 1 saturated carbocycles. The lowest BCUT2D eigenvalue weighted by molar-refractivity contribution is -0.121. The van der Waals surface area contributed by atoms with Crippen LogP contribution in [-0.2, 0) is 4.79 Å². The van der Waals surface area contributed by atoms with Crippen molar-refractivity contribution in [3.63, 3.8) is 0 Å². The molecule has 1 heterocycles. The van der Waals surface area contributed by atoms with Crippen molar-refractivity contribution in [3.8, 4) is 0 Å². The van der Waals surface area contributed by atoms with Crippen LogP contribution in [-0.4, -0.2) is 21.9 Å². The van der Waals surface area contributed by atoms with Gasteiger partial charge in [-0.3, -0.25) is 4.79 Å². The van der Waals surface area contributed by atoms with E-state index in [1.807, 2.05) is 30.3 Å². The van der Waals surface area contributed by atoms with Gasteiger partial charge in [-0.1, -0.05) is 61.4 Å². The second kappa shape index (κ2) is 8.20. The van der Waals surface area contributed by atoms with Crippen LogP contribution in [0, 0.1) is 0 Å². The van der Waals surface area contributed by atoms with Crippen molar-refractivity contribution >= 4 is 29.3 Å². The number of anilines is 2. The number of nitrogens with two attached hydrogens (primary N) is 2. The fourth-order valence-electron chi connectivity index (χ4n) is 3.04. The van der Waals surface area contributed by atoms with E-state index in [1.54, 1.807) is 0 Å². The van der Waals surface area contributed by atoms with Gasteiger partial charge < -0.3 is 16.8 Å². The van der Waals surface area contributed by atoms with Gasteiger partial charge in [0, 0.05) is 12.1 Å². The summed E-state index contributed by atoms with van der Waals surface area (Å²) in [6, 6.07) is 11.4. The van der Waals surface area contributed by atoms with E-state index in [-0.39, 0.29) is 11.9 Å². The molecule has 25 heavy (non-hydrogen) atoms. The highest BCUT2D eigenvalue weighted by atomic mass is 32.2. The van der Waals surface area contributed by atoms with Crippen molar-refractivity contribution in [2.75, 3.05) is 11.5 Å². The Bertz CT molecular complexity index is 698. The molecule has 0 spiro atoms. The molecule has 6 nitrogen and oxygen atoms in total. The topological polar surface area (TPSA) is 107 Å². The second-order valence-electron chi connectivity index (χ2n) is 6.25. The molecule has 0 radical (unpaired) electrons. The maximum atomic E-state index is 12.9. The van der Waals surface area contributed by atoms with Gasteiger partial charge in [0.15, 0.2) is 5.16 Å². The average Bonchev–Trinajstić information content (AvgIpc) is 2.60. The Morgan fingerprint density at radius 2 is 1.72 bits per heavy atom. The molecule has 1 aliphatic rings. The van der Waals surface area contributed by atoms with Gasteiger partial charge in [0.05, 0.1) is 0 Å². The van der Waals surface area contributed by atoms with Crippen LogP contribution < -0.4 is 16.8 Å². The van der Waals surface area contributed by atoms with E-state index in [2.05, 4.69) is 15.3 Å². The summed E-state index contributed by atoms with van der Waals surface area (Å²) in [5.74, 6) is 0.580. The summed E-state index contributed by atoms with van der Waals surface area (Å²) in [6.45, 7) is 0. The zero-order chi connectivity index (χ0) is 17.6. The third kappa shape index (κ3) is 4.85. The summed E-state index contributed by atoms with van der Waals surface area (Å²) in [5.41, 5.74) is 12.4. The minimum Gasteiger partial charge on any atom is -0.383 e. The summed E-state index contributed by atoms with van der Waals surface area (Å²) in [7, 11) is 0. The first-order chi connectivity index (χ1) is 12.1. The lowest BCUT2D eigenvalue weighted by atomic mass is 9.95. The van der Waals surface area contributed by atoms with Crippen LogP contribution in [0.5, 0.6) is 0 Å². The van der Waals surface area contributed by atoms with Crippen molar-refractivity contribution in [3.05, 3.63) is 42.0 Å². The van der Waals surface area contributed by atoms with Gasteiger partial charge in [0.2, 0.25) is 5.91 Å². The molecular weight excluding hydrogens is 334 g/mol. The molecule has 0 unspecified atom stereocenters. The Morgan fingerprint density at radius 3 is 2.36 bits per heavy atom. The zero-order valence-corrected chi connectivity index (χ0v) is 14.8. The largest absolute Gasteiger partial charge is 0.383 e. The van der Waals surface area contributed by atoms with Gasteiger partial charge in [0.1, 0.15) is 16.9 Å². The van der Waals surface area contributed by atoms with Crippen LogP contribution in [0.25, 0.3) is 0 Å². The quantitative estimate of drug-likeness (QED) is 0.561. The molecule has 1 aromatic heterocycles. The van der Waals surface area contributed by atoms with Gasteiger partial charge in [-0.15, -0.1) is 0 Å². The molecule has 132 valence electrons. The number of rotatable bonds is 5. The minimum absolute atomic E-state index is 0.0207. The van der Waals surface area contributed by atoms with Gasteiger partial charge in [0.25, 0.3) is 0 Å². The van der Waals surface area contributed by atoms with Crippen LogP contribution in [0.1, 0.15) is 42.9 Å². The molecule has 1 atom stereocenters. The zero-order valence-electron chi connectivity index (χ0n) is 14.0. The minimum atomic E-state index is -0.440. The molecule has 1 aromatic carbocycles. The Morgan fingerprint density at radius 1 is 1.08 bits per heavy atom. The number of thioether (sulfide) groups is 1. The summed E-state index contributed by atoms with van der Waals surface area (Å²) < 4.78 is 0. The van der Waals surface area contributed by atoms with Crippen LogP contribution >= 0.6 is 11.8 Å². The second-order valence-corrected chi connectivity index (χ2v) is 7.32. The SMILES string of the molecule is Nc1cc(N)nc(S[C@H](C(=O)NC2CCCCC2)c2ccccc2)n1. The van der Waals surface area contributed by atoms with E-state index in [1.165, 1.54) is 37.1 Å². The highest BCUT2D eigenvalue weighted by Crippen LogP contribution is 2.34. The summed E-state index contributed by atoms with van der Waals surface area (Å²) in [6.07, 6.45) is 5.67. The Hall–Kier alpha value is -2.28. The van der Waals surface area contributed by atoms with Gasteiger partial charge in [-0.2, -0.15) is 0 Å². The van der Waals surface area contributed by atoms with Crippen molar-refractivity contribution < 1.29 is 4.79 Å². The van der Waals surface area contributed by atoms with E-state index in [4.69, 9.17) is 11.5 Å². The molecule has 1 aliphatic carbocycles. The number of amides is 1.